The van der Waals surface area contributed by atoms with Gasteiger partial charge in [-0.3, -0.25) is 4.79 Å². The van der Waals surface area contributed by atoms with Crippen molar-refractivity contribution >= 4 is 5.91 Å². The van der Waals surface area contributed by atoms with Gasteiger partial charge in [0.15, 0.2) is 0 Å². The number of benzene rings is 1. The number of hydrogen-bond acceptors (Lipinski definition) is 2. The summed E-state index contributed by atoms with van der Waals surface area (Å²) in [5.74, 6) is -0.00957. The summed E-state index contributed by atoms with van der Waals surface area (Å²) in [4.78, 5) is 14.2. The molecule has 1 aromatic carbocycles. The number of halogens is 3. The second-order valence-corrected chi connectivity index (χ2v) is 5.51. The van der Waals surface area contributed by atoms with E-state index >= 15 is 0 Å². The Morgan fingerprint density at radius 3 is 2.18 bits per heavy atom. The van der Waals surface area contributed by atoms with Crippen molar-refractivity contribution < 1.29 is 22.7 Å². The van der Waals surface area contributed by atoms with Crippen LogP contribution in [-0.4, -0.2) is 36.7 Å². The predicted octanol–water partition coefficient (Wildman–Crippen LogP) is 3.78. The zero-order valence-corrected chi connectivity index (χ0v) is 12.4. The van der Waals surface area contributed by atoms with Crippen molar-refractivity contribution in [2.75, 3.05) is 19.7 Å². The number of rotatable bonds is 4. The third-order valence-corrected chi connectivity index (χ3v) is 3.63. The minimum absolute atomic E-state index is 0.00957. The molecule has 22 heavy (non-hydrogen) atoms. The number of alkyl halides is 3. The maximum Gasteiger partial charge on any atom is 0.411 e. The molecule has 1 aromatic rings. The summed E-state index contributed by atoms with van der Waals surface area (Å²) in [7, 11) is 0. The average molecular weight is 315 g/mol. The molecule has 0 atom stereocenters. The fourth-order valence-electron chi connectivity index (χ4n) is 2.48. The molecule has 1 saturated heterocycles. The fourth-order valence-corrected chi connectivity index (χ4v) is 2.48. The zero-order valence-electron chi connectivity index (χ0n) is 12.4. The Morgan fingerprint density at radius 1 is 1.05 bits per heavy atom. The summed E-state index contributed by atoms with van der Waals surface area (Å²) in [6.45, 7) is 0.170. The molecule has 0 unspecified atom stereocenters. The van der Waals surface area contributed by atoms with Crippen molar-refractivity contribution in [2.45, 2.75) is 38.5 Å². The maximum atomic E-state index is 12.4. The van der Waals surface area contributed by atoms with Gasteiger partial charge in [0, 0.05) is 18.7 Å². The molecular formula is C16H20F3NO2. The summed E-state index contributed by atoms with van der Waals surface area (Å²) >= 11 is 0. The van der Waals surface area contributed by atoms with E-state index in [0.717, 1.165) is 38.8 Å². The van der Waals surface area contributed by atoms with Crippen molar-refractivity contribution in [2.24, 2.45) is 0 Å². The zero-order chi connectivity index (χ0) is 16.0. The lowest BCUT2D eigenvalue weighted by molar-refractivity contribution is -0.176. The SMILES string of the molecule is O=C(c1ccc(COCC(F)(F)F)cc1)N1CCCCCC1. The van der Waals surface area contributed by atoms with Crippen molar-refractivity contribution in [3.05, 3.63) is 35.4 Å². The molecule has 122 valence electrons. The number of amides is 1. The van der Waals surface area contributed by atoms with Crippen LogP contribution in [0, 0.1) is 0 Å². The lowest BCUT2D eigenvalue weighted by Crippen LogP contribution is -2.31. The van der Waals surface area contributed by atoms with Gasteiger partial charge in [-0.05, 0) is 30.5 Å². The minimum atomic E-state index is -4.32. The Labute approximate surface area is 128 Å². The van der Waals surface area contributed by atoms with E-state index in [-0.39, 0.29) is 12.5 Å². The standard InChI is InChI=1S/C16H20F3NO2/c17-16(18,19)12-22-11-13-5-7-14(8-6-13)15(21)20-9-3-1-2-4-10-20/h5-8H,1-4,9-12H2. The molecule has 1 aliphatic heterocycles. The van der Waals surface area contributed by atoms with Gasteiger partial charge in [0.1, 0.15) is 6.61 Å². The number of ether oxygens (including phenoxy) is 1. The largest absolute Gasteiger partial charge is 0.411 e. The maximum absolute atomic E-state index is 12.4. The quantitative estimate of drug-likeness (QED) is 0.846. The molecule has 6 heteroatoms. The summed E-state index contributed by atoms with van der Waals surface area (Å²) in [6, 6.07) is 6.59. The molecule has 1 amide bonds. The second-order valence-electron chi connectivity index (χ2n) is 5.51. The van der Waals surface area contributed by atoms with E-state index in [0.29, 0.717) is 11.1 Å². The molecule has 0 radical (unpaired) electrons. The first kappa shape index (κ1) is 16.8. The van der Waals surface area contributed by atoms with Crippen molar-refractivity contribution in [1.82, 2.24) is 4.90 Å². The van der Waals surface area contributed by atoms with Crippen molar-refractivity contribution in [3.63, 3.8) is 0 Å². The van der Waals surface area contributed by atoms with Gasteiger partial charge in [-0.2, -0.15) is 13.2 Å². The first-order valence-corrected chi connectivity index (χ1v) is 7.48. The highest BCUT2D eigenvalue weighted by Gasteiger charge is 2.27. The number of carbonyl (C=O) groups is 1. The van der Waals surface area contributed by atoms with E-state index < -0.39 is 12.8 Å². The van der Waals surface area contributed by atoms with Crippen LogP contribution in [0.15, 0.2) is 24.3 Å². The Morgan fingerprint density at radius 2 is 1.64 bits per heavy atom. The molecule has 0 saturated carbocycles. The highest BCUT2D eigenvalue weighted by molar-refractivity contribution is 5.94. The van der Waals surface area contributed by atoms with E-state index in [2.05, 4.69) is 4.74 Å². The van der Waals surface area contributed by atoms with Gasteiger partial charge in [0.25, 0.3) is 5.91 Å². The third kappa shape index (κ3) is 5.33. The molecule has 1 fully saturated rings. The van der Waals surface area contributed by atoms with Crippen LogP contribution in [0.1, 0.15) is 41.6 Å². The van der Waals surface area contributed by atoms with E-state index in [4.69, 9.17) is 0 Å². The monoisotopic (exact) mass is 315 g/mol. The molecule has 0 aliphatic carbocycles. The van der Waals surface area contributed by atoms with Gasteiger partial charge in [-0.1, -0.05) is 25.0 Å². The van der Waals surface area contributed by atoms with E-state index in [1.807, 2.05) is 4.90 Å². The number of carbonyl (C=O) groups excluding carboxylic acids is 1. The number of hydrogen-bond donors (Lipinski definition) is 0. The van der Waals surface area contributed by atoms with Gasteiger partial charge in [0.05, 0.1) is 6.61 Å². The molecule has 0 aromatic heterocycles. The van der Waals surface area contributed by atoms with E-state index in [1.54, 1.807) is 24.3 Å². The van der Waals surface area contributed by atoms with Crippen LogP contribution < -0.4 is 0 Å². The molecule has 1 aliphatic rings. The van der Waals surface area contributed by atoms with Gasteiger partial charge in [-0.15, -0.1) is 0 Å². The van der Waals surface area contributed by atoms with Crippen LogP contribution in [0.2, 0.25) is 0 Å². The minimum Gasteiger partial charge on any atom is -0.367 e. The van der Waals surface area contributed by atoms with E-state index in [1.165, 1.54) is 0 Å². The summed E-state index contributed by atoms with van der Waals surface area (Å²) in [6.07, 6.45) is 0.0331. The summed E-state index contributed by atoms with van der Waals surface area (Å²) in [5.41, 5.74) is 1.19. The Kier molecular flexibility index (Phi) is 5.83. The van der Waals surface area contributed by atoms with Crippen molar-refractivity contribution in [1.29, 1.82) is 0 Å². The Hall–Kier alpha value is -1.56. The topological polar surface area (TPSA) is 29.5 Å². The molecule has 0 spiro atoms. The van der Waals surface area contributed by atoms with Gasteiger partial charge in [-0.25, -0.2) is 0 Å². The Bertz CT molecular complexity index is 477. The average Bonchev–Trinajstić information content (AvgIpc) is 2.75. The second kappa shape index (κ2) is 7.63. The summed E-state index contributed by atoms with van der Waals surface area (Å²) < 4.78 is 40.6. The highest BCUT2D eigenvalue weighted by Crippen LogP contribution is 2.17. The lowest BCUT2D eigenvalue weighted by atomic mass is 10.1. The van der Waals surface area contributed by atoms with Crippen molar-refractivity contribution in [3.8, 4) is 0 Å². The summed E-state index contributed by atoms with van der Waals surface area (Å²) in [5, 5.41) is 0. The molecule has 0 bridgehead atoms. The first-order valence-electron chi connectivity index (χ1n) is 7.48. The fraction of sp³-hybridized carbons (Fsp3) is 0.562. The predicted molar refractivity (Wildman–Crippen MR) is 76.5 cm³/mol. The van der Waals surface area contributed by atoms with Crippen LogP contribution >= 0.6 is 0 Å². The first-order chi connectivity index (χ1) is 10.5. The molecule has 3 nitrogen and oxygen atoms in total. The molecular weight excluding hydrogens is 295 g/mol. The van der Waals surface area contributed by atoms with Gasteiger partial charge in [0.2, 0.25) is 0 Å². The third-order valence-electron chi connectivity index (χ3n) is 3.63. The van der Waals surface area contributed by atoms with Crippen LogP contribution in [0.3, 0.4) is 0 Å². The van der Waals surface area contributed by atoms with Crippen LogP contribution in [0.25, 0.3) is 0 Å². The molecule has 0 N–H and O–H groups in total. The normalized spacial score (nSPS) is 16.4. The van der Waals surface area contributed by atoms with Crippen LogP contribution in [0.5, 0.6) is 0 Å². The highest BCUT2D eigenvalue weighted by atomic mass is 19.4. The number of nitrogens with zero attached hydrogens (tertiary/aromatic N) is 1. The van der Waals surface area contributed by atoms with E-state index in [9.17, 15) is 18.0 Å². The Balaban J connectivity index is 1.89. The lowest BCUT2D eigenvalue weighted by Gasteiger charge is -2.20. The van der Waals surface area contributed by atoms with Crippen LogP contribution in [-0.2, 0) is 11.3 Å². The van der Waals surface area contributed by atoms with Gasteiger partial charge >= 0.3 is 6.18 Å². The van der Waals surface area contributed by atoms with Gasteiger partial charge < -0.3 is 9.64 Å². The molecule has 2 rings (SSSR count). The molecule has 1 heterocycles. The van der Waals surface area contributed by atoms with Crippen LogP contribution in [0.4, 0.5) is 13.2 Å². The smallest absolute Gasteiger partial charge is 0.367 e. The number of likely N-dealkylation sites (tertiary alicyclic amines) is 1.